The van der Waals surface area contributed by atoms with Gasteiger partial charge in [0.1, 0.15) is 0 Å². The monoisotopic (exact) mass is 778 g/mol. The van der Waals surface area contributed by atoms with Crippen LogP contribution in [0.5, 0.6) is 0 Å². The van der Waals surface area contributed by atoms with Gasteiger partial charge in [-0.05, 0) is 85.9 Å². The summed E-state index contributed by atoms with van der Waals surface area (Å²) in [6.45, 7) is 4.77. The first kappa shape index (κ1) is 35.3. The molecule has 0 aliphatic heterocycles. The molecular formula is C59H42N2. The molecule has 1 aliphatic carbocycles. The number of hydrogen-bond acceptors (Lipinski definition) is 1. The Morgan fingerprint density at radius 1 is 0.377 bits per heavy atom. The van der Waals surface area contributed by atoms with Crippen LogP contribution in [0.25, 0.3) is 82.4 Å². The maximum atomic E-state index is 2.52. The molecule has 0 N–H and O–H groups in total. The number of hydrogen-bond donors (Lipinski definition) is 0. The predicted molar refractivity (Wildman–Crippen MR) is 259 cm³/mol. The van der Waals surface area contributed by atoms with Crippen molar-refractivity contribution >= 4 is 60.4 Å². The van der Waals surface area contributed by atoms with Crippen molar-refractivity contribution in [3.05, 3.63) is 230 Å². The maximum Gasteiger partial charge on any atom is 0.0618 e. The summed E-state index contributed by atoms with van der Waals surface area (Å²) in [6.07, 6.45) is 0. The van der Waals surface area contributed by atoms with Gasteiger partial charge in [0.2, 0.25) is 0 Å². The third kappa shape index (κ3) is 5.42. The van der Waals surface area contributed by atoms with E-state index < -0.39 is 0 Å². The molecule has 0 saturated carbocycles. The van der Waals surface area contributed by atoms with Crippen LogP contribution in [0.4, 0.5) is 17.1 Å². The fraction of sp³-hybridized carbons (Fsp3) is 0.0508. The lowest BCUT2D eigenvalue weighted by Gasteiger charge is -2.29. The van der Waals surface area contributed by atoms with E-state index in [-0.39, 0.29) is 5.41 Å². The molecule has 2 nitrogen and oxygen atoms in total. The fourth-order valence-corrected chi connectivity index (χ4v) is 10.3. The molecule has 0 spiro atoms. The van der Waals surface area contributed by atoms with Gasteiger partial charge in [-0.2, -0.15) is 0 Å². The summed E-state index contributed by atoms with van der Waals surface area (Å²) in [5.41, 5.74) is 16.9. The highest BCUT2D eigenvalue weighted by Crippen LogP contribution is 2.53. The molecule has 0 fully saturated rings. The summed E-state index contributed by atoms with van der Waals surface area (Å²) in [6, 6.07) is 80.5. The Morgan fingerprint density at radius 2 is 0.934 bits per heavy atom. The Bertz CT molecular complexity index is 3440. The van der Waals surface area contributed by atoms with E-state index in [0.29, 0.717) is 0 Å². The third-order valence-corrected chi connectivity index (χ3v) is 13.2. The Kier molecular flexibility index (Phi) is 7.92. The minimum Gasteiger partial charge on any atom is -0.310 e. The van der Waals surface area contributed by atoms with E-state index in [0.717, 1.165) is 22.6 Å². The molecule has 0 bridgehead atoms. The second-order valence-electron chi connectivity index (χ2n) is 16.9. The Balaban J connectivity index is 1.15. The van der Waals surface area contributed by atoms with Crippen molar-refractivity contribution in [2.45, 2.75) is 19.3 Å². The quantitative estimate of drug-likeness (QED) is 0.163. The van der Waals surface area contributed by atoms with Gasteiger partial charge in [-0.15, -0.1) is 0 Å². The molecule has 11 aromatic rings. The Labute approximate surface area is 356 Å². The third-order valence-electron chi connectivity index (χ3n) is 13.2. The van der Waals surface area contributed by atoms with Gasteiger partial charge in [0, 0.05) is 44.1 Å². The van der Waals surface area contributed by atoms with Crippen LogP contribution < -0.4 is 4.90 Å². The smallest absolute Gasteiger partial charge is 0.0618 e. The summed E-state index contributed by atoms with van der Waals surface area (Å²) in [7, 11) is 0. The van der Waals surface area contributed by atoms with Crippen molar-refractivity contribution in [1.82, 2.24) is 4.57 Å². The van der Waals surface area contributed by atoms with Crippen LogP contribution in [0.1, 0.15) is 25.0 Å². The predicted octanol–water partition coefficient (Wildman–Crippen LogP) is 16.2. The number of rotatable bonds is 6. The van der Waals surface area contributed by atoms with Crippen molar-refractivity contribution in [3.63, 3.8) is 0 Å². The maximum absolute atomic E-state index is 2.52. The van der Waals surface area contributed by atoms with Crippen LogP contribution in [0.15, 0.2) is 218 Å². The minimum absolute atomic E-state index is 0.180. The molecule has 12 rings (SSSR count). The number of fused-ring (bicyclic) bond motifs is 9. The molecule has 1 heterocycles. The van der Waals surface area contributed by atoms with Crippen LogP contribution in [0, 0.1) is 0 Å². The Morgan fingerprint density at radius 3 is 1.67 bits per heavy atom. The summed E-state index contributed by atoms with van der Waals surface area (Å²) in [4.78, 5) is 2.49. The van der Waals surface area contributed by atoms with Crippen LogP contribution in [-0.2, 0) is 5.41 Å². The van der Waals surface area contributed by atoms with Crippen LogP contribution in [0.2, 0.25) is 0 Å². The van der Waals surface area contributed by atoms with E-state index in [2.05, 4.69) is 242 Å². The number of para-hydroxylation sites is 2. The van der Waals surface area contributed by atoms with Crippen molar-refractivity contribution in [1.29, 1.82) is 0 Å². The lowest BCUT2D eigenvalue weighted by molar-refractivity contribution is 0.661. The molecule has 0 unspecified atom stereocenters. The minimum atomic E-state index is -0.180. The molecule has 1 aliphatic rings. The normalized spacial score (nSPS) is 12.9. The van der Waals surface area contributed by atoms with Gasteiger partial charge in [-0.1, -0.05) is 196 Å². The van der Waals surface area contributed by atoms with E-state index >= 15 is 0 Å². The zero-order valence-electron chi connectivity index (χ0n) is 34.2. The van der Waals surface area contributed by atoms with E-state index in [9.17, 15) is 0 Å². The average Bonchev–Trinajstić information content (AvgIpc) is 3.77. The summed E-state index contributed by atoms with van der Waals surface area (Å²) in [5.74, 6) is 0. The van der Waals surface area contributed by atoms with Crippen LogP contribution >= 0.6 is 0 Å². The van der Waals surface area contributed by atoms with Gasteiger partial charge in [0.25, 0.3) is 0 Å². The largest absolute Gasteiger partial charge is 0.310 e. The first-order valence-corrected chi connectivity index (χ1v) is 21.3. The van der Waals surface area contributed by atoms with Crippen molar-refractivity contribution < 1.29 is 0 Å². The highest BCUT2D eigenvalue weighted by atomic mass is 15.1. The fourth-order valence-electron chi connectivity index (χ4n) is 10.3. The number of benzene rings is 10. The zero-order valence-corrected chi connectivity index (χ0v) is 34.2. The molecule has 288 valence electrons. The molecule has 1 aromatic heterocycles. The lowest BCUT2D eigenvalue weighted by atomic mass is 9.82. The molecule has 61 heavy (non-hydrogen) atoms. The van der Waals surface area contributed by atoms with Crippen molar-refractivity contribution in [2.24, 2.45) is 0 Å². The lowest BCUT2D eigenvalue weighted by Crippen LogP contribution is -2.16. The van der Waals surface area contributed by atoms with Gasteiger partial charge in [-0.25, -0.2) is 0 Å². The average molecular weight is 779 g/mol. The van der Waals surface area contributed by atoms with Gasteiger partial charge < -0.3 is 9.47 Å². The SMILES string of the molecule is CC1(C)c2cc(N(c3ccc4c5ccccc5n(-c5c(-c6ccccc6)cccc5-c5ccccc5)c4c3)c3cccc4ccccc34)ccc2-c2c1ccc1ccccc21. The standard InChI is InChI=1S/C59H42N2/c1-59(2)52-36-31-42-22-10-12-25-46(42)57(52)51-35-33-43(37-53(51)59)60(54-30-15-23-39-21-9-11-24-45(39)54)44-32-34-50-49-26-13-14-29-55(49)61(56(50)38-44)58-47(40-17-5-3-6-18-40)27-16-28-48(58)41-19-7-4-8-20-41/h3-38H,1-2H3. The van der Waals surface area contributed by atoms with Crippen LogP contribution in [0.3, 0.4) is 0 Å². The van der Waals surface area contributed by atoms with Crippen molar-refractivity contribution in [3.8, 4) is 39.1 Å². The van der Waals surface area contributed by atoms with Gasteiger partial charge in [-0.3, -0.25) is 0 Å². The van der Waals surface area contributed by atoms with Crippen LogP contribution in [-0.4, -0.2) is 4.57 Å². The van der Waals surface area contributed by atoms with E-state index in [4.69, 9.17) is 0 Å². The second-order valence-corrected chi connectivity index (χ2v) is 16.9. The van der Waals surface area contributed by atoms with Crippen molar-refractivity contribution in [2.75, 3.05) is 4.90 Å². The first-order chi connectivity index (χ1) is 30.0. The summed E-state index contributed by atoms with van der Waals surface area (Å²) in [5, 5.41) is 7.46. The molecule has 10 aromatic carbocycles. The number of aromatic nitrogens is 1. The molecule has 0 saturated heterocycles. The number of nitrogens with zero attached hydrogens (tertiary/aromatic N) is 2. The summed E-state index contributed by atoms with van der Waals surface area (Å²) < 4.78 is 2.52. The molecular weight excluding hydrogens is 737 g/mol. The first-order valence-electron chi connectivity index (χ1n) is 21.3. The van der Waals surface area contributed by atoms with Gasteiger partial charge in [0.15, 0.2) is 0 Å². The summed E-state index contributed by atoms with van der Waals surface area (Å²) >= 11 is 0. The van der Waals surface area contributed by atoms with E-state index in [1.54, 1.807) is 0 Å². The Hall–Kier alpha value is -7.68. The molecule has 0 atom stereocenters. The zero-order chi connectivity index (χ0) is 40.7. The van der Waals surface area contributed by atoms with E-state index in [1.807, 2.05) is 0 Å². The van der Waals surface area contributed by atoms with E-state index in [1.165, 1.54) is 88.0 Å². The molecule has 0 radical (unpaired) electrons. The highest BCUT2D eigenvalue weighted by Gasteiger charge is 2.37. The second kappa shape index (κ2) is 13.7. The van der Waals surface area contributed by atoms with Gasteiger partial charge in [0.05, 0.1) is 22.4 Å². The topological polar surface area (TPSA) is 8.17 Å². The highest BCUT2D eigenvalue weighted by molar-refractivity contribution is 6.12. The molecule has 0 amide bonds. The molecule has 2 heteroatoms. The number of anilines is 3. The van der Waals surface area contributed by atoms with Gasteiger partial charge >= 0.3 is 0 Å².